The second-order valence-corrected chi connectivity index (χ2v) is 10.2. The summed E-state index contributed by atoms with van der Waals surface area (Å²) in [6.45, 7) is 3.02. The number of nitrogens with zero attached hydrogens (tertiary/aromatic N) is 1. The molecule has 0 bridgehead atoms. The van der Waals surface area contributed by atoms with Crippen LogP contribution in [0.3, 0.4) is 0 Å². The lowest BCUT2D eigenvalue weighted by Crippen LogP contribution is -2.36. The summed E-state index contributed by atoms with van der Waals surface area (Å²) in [4.78, 5) is 27.5. The molecule has 0 aliphatic heterocycles. The number of aliphatic hydroxyl groups excluding tert-OH is 1. The molecule has 5 N–H and O–H groups in total. The Labute approximate surface area is 201 Å². The molecule has 1 amide bonds. The minimum Gasteiger partial charge on any atom is -0.422 e. The highest BCUT2D eigenvalue weighted by molar-refractivity contribution is 7.85. The summed E-state index contributed by atoms with van der Waals surface area (Å²) >= 11 is 1.12. The van der Waals surface area contributed by atoms with Gasteiger partial charge in [-0.05, 0) is 62.2 Å². The molecule has 0 aliphatic rings. The Morgan fingerprint density at radius 3 is 2.53 bits per heavy atom. The van der Waals surface area contributed by atoms with Crippen LogP contribution < -0.4 is 10.5 Å². The molecule has 184 valence electrons. The van der Waals surface area contributed by atoms with E-state index < -0.39 is 27.7 Å². The zero-order valence-electron chi connectivity index (χ0n) is 18.8. The highest BCUT2D eigenvalue weighted by Crippen LogP contribution is 2.24. The lowest BCUT2D eigenvalue weighted by Gasteiger charge is -2.22. The number of nitrogen functional groups attached to an aromatic ring is 1. The first-order chi connectivity index (χ1) is 15.9. The third kappa shape index (κ3) is 8.06. The summed E-state index contributed by atoms with van der Waals surface area (Å²) in [7, 11) is -4.25. The van der Waals surface area contributed by atoms with Gasteiger partial charge in [0.25, 0.3) is 10.1 Å². The fourth-order valence-corrected chi connectivity index (χ4v) is 4.29. The molecule has 1 aromatic heterocycles. The van der Waals surface area contributed by atoms with Gasteiger partial charge in [0.15, 0.2) is 0 Å². The largest absolute Gasteiger partial charge is 0.422 e. The van der Waals surface area contributed by atoms with E-state index in [1.807, 2.05) is 0 Å². The topological polar surface area (TPSA) is 171 Å². The van der Waals surface area contributed by atoms with Crippen LogP contribution in [0.25, 0.3) is 6.08 Å². The molecule has 0 fully saturated rings. The summed E-state index contributed by atoms with van der Waals surface area (Å²) in [5.74, 6) is -1.39. The van der Waals surface area contributed by atoms with Crippen LogP contribution in [0.4, 0.5) is 0 Å². The summed E-state index contributed by atoms with van der Waals surface area (Å²) in [5, 5.41) is 16.5. The smallest absolute Gasteiger partial charge is 0.353 e. The number of aryl methyl sites for hydroxylation is 1. The predicted octanol–water partition coefficient (Wildman–Crippen LogP) is 2.06. The van der Waals surface area contributed by atoms with E-state index in [1.165, 1.54) is 4.90 Å². The summed E-state index contributed by atoms with van der Waals surface area (Å²) in [5.41, 5.74) is 6.92. The highest BCUT2D eigenvalue weighted by Gasteiger charge is 2.19. The molecule has 0 radical (unpaired) electrons. The Kier molecular flexibility index (Phi) is 9.50. The Morgan fingerprint density at radius 2 is 1.94 bits per heavy atom. The van der Waals surface area contributed by atoms with Crippen molar-refractivity contribution in [1.82, 2.24) is 4.90 Å². The van der Waals surface area contributed by atoms with Gasteiger partial charge in [0.2, 0.25) is 5.91 Å². The van der Waals surface area contributed by atoms with Crippen molar-refractivity contribution in [2.75, 3.05) is 25.4 Å². The second kappa shape index (κ2) is 11.9. The molecule has 0 atom stereocenters. The third-order valence-corrected chi connectivity index (χ3v) is 6.42. The number of thiophene rings is 1. The molecule has 0 spiro atoms. The molecular weight excluding hydrogens is 482 g/mol. The van der Waals surface area contributed by atoms with E-state index in [4.69, 9.17) is 25.5 Å². The van der Waals surface area contributed by atoms with Crippen molar-refractivity contribution < 1.29 is 32.4 Å². The molecule has 0 saturated carbocycles. The molecule has 2 aromatic rings. The zero-order chi connectivity index (χ0) is 25.5. The standard InChI is InChI=1S/C22H27N3O7S2/c1-14-12-16(20(23)24)4-6-18(14)32-22(28)19-7-5-17(33-19)13-15(2)21(27)25(8-3-10-26)9-11-34(29,30)31/h4-7,12-13,26H,3,8-11H2,1-2H3,(H3,23,24)(H,29,30,31)/b15-13+. The Balaban J connectivity index is 2.12. The predicted molar refractivity (Wildman–Crippen MR) is 130 cm³/mol. The third-order valence-electron chi connectivity index (χ3n) is 4.71. The average Bonchev–Trinajstić information content (AvgIpc) is 3.22. The summed E-state index contributed by atoms with van der Waals surface area (Å²) < 4.78 is 36.5. The summed E-state index contributed by atoms with van der Waals surface area (Å²) in [6.07, 6.45) is 1.82. The van der Waals surface area contributed by atoms with E-state index in [0.29, 0.717) is 32.2 Å². The van der Waals surface area contributed by atoms with Crippen LogP contribution in [0.2, 0.25) is 0 Å². The molecule has 0 unspecified atom stereocenters. The van der Waals surface area contributed by atoms with Crippen molar-refractivity contribution in [3.05, 3.63) is 56.8 Å². The van der Waals surface area contributed by atoms with Crippen molar-refractivity contribution in [2.24, 2.45) is 5.73 Å². The average molecular weight is 510 g/mol. The Hall–Kier alpha value is -3.06. The number of rotatable bonds is 11. The second-order valence-electron chi connectivity index (χ2n) is 7.47. The van der Waals surface area contributed by atoms with Gasteiger partial charge in [-0.1, -0.05) is 0 Å². The molecule has 1 aromatic carbocycles. The quantitative estimate of drug-likeness (QED) is 0.0890. The number of nitrogens with one attached hydrogen (secondary N) is 1. The molecule has 10 nitrogen and oxygen atoms in total. The number of benzene rings is 1. The Bertz CT molecular complexity index is 1200. The van der Waals surface area contributed by atoms with E-state index in [2.05, 4.69) is 0 Å². The van der Waals surface area contributed by atoms with Crippen molar-refractivity contribution >= 4 is 45.2 Å². The van der Waals surface area contributed by atoms with Gasteiger partial charge in [-0.15, -0.1) is 11.3 Å². The number of hydrogen-bond donors (Lipinski definition) is 4. The number of nitrogens with two attached hydrogens (primary N) is 1. The number of carbonyl (C=O) groups is 2. The van der Waals surface area contributed by atoms with Gasteiger partial charge in [-0.3, -0.25) is 14.8 Å². The minimum absolute atomic E-state index is 0.0894. The summed E-state index contributed by atoms with van der Waals surface area (Å²) in [6, 6.07) is 8.01. The van der Waals surface area contributed by atoms with E-state index in [1.54, 1.807) is 50.3 Å². The van der Waals surface area contributed by atoms with Crippen LogP contribution in [0.15, 0.2) is 35.9 Å². The van der Waals surface area contributed by atoms with E-state index in [-0.39, 0.29) is 32.0 Å². The first-order valence-corrected chi connectivity index (χ1v) is 12.6. The zero-order valence-corrected chi connectivity index (χ0v) is 20.4. The number of carbonyl (C=O) groups excluding carboxylic acids is 2. The van der Waals surface area contributed by atoms with Crippen LogP contribution in [0.1, 0.15) is 39.0 Å². The maximum atomic E-state index is 12.8. The molecule has 0 saturated heterocycles. The van der Waals surface area contributed by atoms with Crippen molar-refractivity contribution in [3.63, 3.8) is 0 Å². The maximum Gasteiger partial charge on any atom is 0.353 e. The Morgan fingerprint density at radius 1 is 1.24 bits per heavy atom. The number of esters is 1. The fraction of sp³-hybridized carbons (Fsp3) is 0.318. The minimum atomic E-state index is -4.25. The molecule has 34 heavy (non-hydrogen) atoms. The fourth-order valence-electron chi connectivity index (χ4n) is 2.95. The molecular formula is C22H27N3O7S2. The normalized spacial score (nSPS) is 11.8. The number of ether oxygens (including phenoxy) is 1. The van der Waals surface area contributed by atoms with Gasteiger partial charge < -0.3 is 20.5 Å². The molecule has 12 heteroatoms. The number of amidine groups is 1. The monoisotopic (exact) mass is 509 g/mol. The first kappa shape index (κ1) is 27.2. The van der Waals surface area contributed by atoms with E-state index >= 15 is 0 Å². The van der Waals surface area contributed by atoms with Gasteiger partial charge in [0.1, 0.15) is 16.5 Å². The van der Waals surface area contributed by atoms with E-state index in [9.17, 15) is 18.0 Å². The lowest BCUT2D eigenvalue weighted by molar-refractivity contribution is -0.126. The SMILES string of the molecule is C/C(=C\c1ccc(C(=O)Oc2ccc(C(=N)N)cc2C)s1)C(=O)N(CCCO)CCS(=O)(=O)O. The van der Waals surface area contributed by atoms with E-state index in [0.717, 1.165) is 11.3 Å². The van der Waals surface area contributed by atoms with Crippen LogP contribution in [-0.4, -0.2) is 66.1 Å². The maximum absolute atomic E-state index is 12.8. The van der Waals surface area contributed by atoms with Gasteiger partial charge in [0.05, 0.1) is 5.75 Å². The number of amides is 1. The number of aliphatic hydroxyl groups is 1. The van der Waals surface area contributed by atoms with Gasteiger partial charge >= 0.3 is 5.97 Å². The number of hydrogen-bond acceptors (Lipinski definition) is 8. The van der Waals surface area contributed by atoms with Gasteiger partial charge in [-0.2, -0.15) is 8.42 Å². The molecule has 0 aliphatic carbocycles. The lowest BCUT2D eigenvalue weighted by atomic mass is 10.1. The molecule has 1 heterocycles. The van der Waals surface area contributed by atoms with Crippen LogP contribution in [0.5, 0.6) is 5.75 Å². The van der Waals surface area contributed by atoms with Crippen molar-refractivity contribution in [1.29, 1.82) is 5.41 Å². The van der Waals surface area contributed by atoms with Crippen LogP contribution >= 0.6 is 11.3 Å². The first-order valence-electron chi connectivity index (χ1n) is 10.2. The van der Waals surface area contributed by atoms with Crippen molar-refractivity contribution in [2.45, 2.75) is 20.3 Å². The van der Waals surface area contributed by atoms with Crippen molar-refractivity contribution in [3.8, 4) is 5.75 Å². The molecule has 2 rings (SSSR count). The van der Waals surface area contributed by atoms with Crippen LogP contribution in [0, 0.1) is 12.3 Å². The van der Waals surface area contributed by atoms with Gasteiger partial charge in [0, 0.05) is 35.7 Å². The highest BCUT2D eigenvalue weighted by atomic mass is 32.2. The van der Waals surface area contributed by atoms with Crippen LogP contribution in [-0.2, 0) is 14.9 Å². The van der Waals surface area contributed by atoms with Gasteiger partial charge in [-0.25, -0.2) is 4.79 Å².